The molecule has 0 spiro atoms. The fourth-order valence-corrected chi connectivity index (χ4v) is 9.44. The Hall–Kier alpha value is -8.72. The summed E-state index contributed by atoms with van der Waals surface area (Å²) in [6.45, 7) is 0. The van der Waals surface area contributed by atoms with E-state index >= 15 is 0 Å². The van der Waals surface area contributed by atoms with E-state index in [1.54, 1.807) is 0 Å². The zero-order chi connectivity index (χ0) is 43.8. The summed E-state index contributed by atoms with van der Waals surface area (Å²) in [6, 6.07) is 91.4. The normalized spacial score (nSPS) is 11.3. The summed E-state index contributed by atoms with van der Waals surface area (Å²) in [7, 11) is 0. The first-order valence-electron chi connectivity index (χ1n) is 22.5. The van der Waals surface area contributed by atoms with Gasteiger partial charge in [-0.05, 0) is 130 Å². The number of rotatable bonds is 8. The second-order valence-corrected chi connectivity index (χ2v) is 17.0. The van der Waals surface area contributed by atoms with E-state index in [1.807, 2.05) is 0 Å². The predicted molar refractivity (Wildman–Crippen MR) is 278 cm³/mol. The van der Waals surface area contributed by atoms with Crippen molar-refractivity contribution in [1.82, 2.24) is 9.97 Å². The van der Waals surface area contributed by atoms with Gasteiger partial charge in [-0.3, -0.25) is 0 Å². The van der Waals surface area contributed by atoms with Crippen molar-refractivity contribution in [2.24, 2.45) is 0 Å². The lowest BCUT2D eigenvalue weighted by molar-refractivity contribution is 1.18. The van der Waals surface area contributed by atoms with Gasteiger partial charge in [0, 0.05) is 16.7 Å². The van der Waals surface area contributed by atoms with Gasteiger partial charge in [0.1, 0.15) is 0 Å². The van der Waals surface area contributed by atoms with Crippen LogP contribution in [0, 0.1) is 0 Å². The fourth-order valence-electron chi connectivity index (χ4n) is 9.44. The Morgan fingerprint density at radius 3 is 1.26 bits per heavy atom. The summed E-state index contributed by atoms with van der Waals surface area (Å²) in [5, 5.41) is 7.44. The first-order valence-corrected chi connectivity index (χ1v) is 22.5. The molecule has 0 atom stereocenters. The van der Waals surface area contributed by atoms with Crippen molar-refractivity contribution in [1.29, 1.82) is 0 Å². The molecule has 308 valence electrons. The number of nitrogens with zero attached hydrogens (tertiary/aromatic N) is 2. The lowest BCUT2D eigenvalue weighted by atomic mass is 9.92. The first kappa shape index (κ1) is 38.9. The van der Waals surface area contributed by atoms with Crippen LogP contribution in [-0.4, -0.2) is 9.97 Å². The lowest BCUT2D eigenvalue weighted by Crippen LogP contribution is -1.96. The van der Waals surface area contributed by atoms with E-state index in [9.17, 15) is 0 Å². The highest BCUT2D eigenvalue weighted by Crippen LogP contribution is 2.38. The number of benzene rings is 11. The molecule has 12 rings (SSSR count). The van der Waals surface area contributed by atoms with Crippen LogP contribution in [0.2, 0.25) is 0 Å². The minimum Gasteiger partial charge on any atom is -0.228 e. The maximum absolute atomic E-state index is 5.34. The molecule has 0 fully saturated rings. The minimum absolute atomic E-state index is 0.678. The Morgan fingerprint density at radius 2 is 0.606 bits per heavy atom. The monoisotopic (exact) mass is 838 g/mol. The zero-order valence-electron chi connectivity index (χ0n) is 36.1. The van der Waals surface area contributed by atoms with Gasteiger partial charge < -0.3 is 0 Å². The molecule has 0 radical (unpaired) electrons. The van der Waals surface area contributed by atoms with Gasteiger partial charge in [0.25, 0.3) is 0 Å². The van der Waals surface area contributed by atoms with Crippen LogP contribution in [0.5, 0.6) is 0 Å². The van der Waals surface area contributed by atoms with Crippen molar-refractivity contribution in [3.05, 3.63) is 255 Å². The summed E-state index contributed by atoms with van der Waals surface area (Å²) in [6.07, 6.45) is 0. The maximum atomic E-state index is 5.34. The Morgan fingerprint density at radius 1 is 0.197 bits per heavy atom. The SMILES string of the molecule is c1ccc(-c2cccc(-c3ccc(-c4nc(-c5cccc(-c6cccc(-c7ccc8ccccc8c7)c6)c5)cc(-c5cccc(-c6cc7ccccc7c7ccccc67)c5)n4)cc3)c2)cc1. The van der Waals surface area contributed by atoms with Gasteiger partial charge >= 0.3 is 0 Å². The van der Waals surface area contributed by atoms with E-state index in [0.717, 1.165) is 55.9 Å². The average molecular weight is 839 g/mol. The highest BCUT2D eigenvalue weighted by molar-refractivity contribution is 6.14. The molecular formula is C64H42N2. The van der Waals surface area contributed by atoms with Crippen molar-refractivity contribution in [2.45, 2.75) is 0 Å². The van der Waals surface area contributed by atoms with Gasteiger partial charge in [0.15, 0.2) is 5.82 Å². The van der Waals surface area contributed by atoms with Gasteiger partial charge in [0.05, 0.1) is 11.4 Å². The van der Waals surface area contributed by atoms with Crippen LogP contribution in [0.4, 0.5) is 0 Å². The van der Waals surface area contributed by atoms with Crippen LogP contribution in [0.3, 0.4) is 0 Å². The molecule has 0 saturated carbocycles. The third-order valence-electron chi connectivity index (χ3n) is 12.8. The first-order chi connectivity index (χ1) is 32.7. The summed E-state index contributed by atoms with van der Waals surface area (Å²) in [4.78, 5) is 10.7. The summed E-state index contributed by atoms with van der Waals surface area (Å²) in [5.74, 6) is 0.678. The quantitative estimate of drug-likeness (QED) is 0.143. The third-order valence-corrected chi connectivity index (χ3v) is 12.8. The molecule has 0 unspecified atom stereocenters. The molecule has 0 saturated heterocycles. The van der Waals surface area contributed by atoms with Crippen LogP contribution in [0.25, 0.3) is 122 Å². The molecule has 11 aromatic carbocycles. The van der Waals surface area contributed by atoms with Crippen molar-refractivity contribution in [3.63, 3.8) is 0 Å². The van der Waals surface area contributed by atoms with Gasteiger partial charge in [0.2, 0.25) is 0 Å². The van der Waals surface area contributed by atoms with Crippen LogP contribution < -0.4 is 0 Å². The van der Waals surface area contributed by atoms with Gasteiger partial charge in [-0.1, -0.05) is 212 Å². The Bertz CT molecular complexity index is 3760. The van der Waals surface area contributed by atoms with Crippen LogP contribution in [0.15, 0.2) is 255 Å². The molecule has 0 N–H and O–H groups in total. The molecule has 0 bridgehead atoms. The number of hydrogen-bond donors (Lipinski definition) is 0. The second kappa shape index (κ2) is 16.8. The Kier molecular flexibility index (Phi) is 9.89. The molecule has 2 heteroatoms. The molecule has 0 aliphatic rings. The van der Waals surface area contributed by atoms with Gasteiger partial charge in [-0.25, -0.2) is 9.97 Å². The largest absolute Gasteiger partial charge is 0.228 e. The fraction of sp³-hybridized carbons (Fsp3) is 0. The summed E-state index contributed by atoms with van der Waals surface area (Å²) < 4.78 is 0. The maximum Gasteiger partial charge on any atom is 0.160 e. The minimum atomic E-state index is 0.678. The Labute approximate surface area is 384 Å². The Balaban J connectivity index is 0.958. The van der Waals surface area contributed by atoms with E-state index in [0.29, 0.717) is 5.82 Å². The van der Waals surface area contributed by atoms with Crippen molar-refractivity contribution < 1.29 is 0 Å². The number of hydrogen-bond acceptors (Lipinski definition) is 2. The van der Waals surface area contributed by atoms with E-state index < -0.39 is 0 Å². The predicted octanol–water partition coefficient (Wildman–Crippen LogP) is 17.3. The zero-order valence-corrected chi connectivity index (χ0v) is 36.1. The van der Waals surface area contributed by atoms with Crippen molar-refractivity contribution >= 4 is 32.3 Å². The van der Waals surface area contributed by atoms with E-state index in [4.69, 9.17) is 9.97 Å². The highest BCUT2D eigenvalue weighted by atomic mass is 14.9. The van der Waals surface area contributed by atoms with Gasteiger partial charge in [-0.2, -0.15) is 0 Å². The molecule has 1 aromatic heterocycles. The molecule has 0 aliphatic heterocycles. The van der Waals surface area contributed by atoms with Crippen LogP contribution in [0.1, 0.15) is 0 Å². The number of fused-ring (bicyclic) bond motifs is 4. The van der Waals surface area contributed by atoms with Crippen molar-refractivity contribution in [3.8, 4) is 89.5 Å². The summed E-state index contributed by atoms with van der Waals surface area (Å²) in [5.41, 5.74) is 16.5. The molecule has 0 amide bonds. The summed E-state index contributed by atoms with van der Waals surface area (Å²) >= 11 is 0. The lowest BCUT2D eigenvalue weighted by Gasteiger charge is -2.14. The molecule has 0 aliphatic carbocycles. The molecular weight excluding hydrogens is 797 g/mol. The standard InChI is InChI=1S/C64H42N2/c1-2-14-43(15-3-1)48-19-10-20-49(36-48)45-30-33-46(34-31-45)64-65-62(56-25-12-23-52(39-56)50-21-11-22-51(38-50)53-35-32-44-16-4-5-17-47(44)37-53)42-63(66-64)57-26-13-24-54(40-57)61-41-55-18-6-7-27-58(55)59-28-8-9-29-60(59)61/h1-42H. The topological polar surface area (TPSA) is 25.8 Å². The van der Waals surface area contributed by atoms with Crippen molar-refractivity contribution in [2.75, 3.05) is 0 Å². The third kappa shape index (κ3) is 7.51. The smallest absolute Gasteiger partial charge is 0.160 e. The average Bonchev–Trinajstić information content (AvgIpc) is 3.41. The van der Waals surface area contributed by atoms with E-state index in [-0.39, 0.29) is 0 Å². The second-order valence-electron chi connectivity index (χ2n) is 17.0. The van der Waals surface area contributed by atoms with Crippen LogP contribution in [-0.2, 0) is 0 Å². The molecule has 66 heavy (non-hydrogen) atoms. The van der Waals surface area contributed by atoms with E-state index in [2.05, 4.69) is 255 Å². The van der Waals surface area contributed by atoms with Gasteiger partial charge in [-0.15, -0.1) is 0 Å². The highest BCUT2D eigenvalue weighted by Gasteiger charge is 2.15. The molecule has 1 heterocycles. The molecule has 2 nitrogen and oxygen atoms in total. The molecule has 12 aromatic rings. The number of aromatic nitrogens is 2. The van der Waals surface area contributed by atoms with Crippen LogP contribution >= 0.6 is 0 Å². The van der Waals surface area contributed by atoms with E-state index in [1.165, 1.54) is 60.1 Å².